The van der Waals surface area contributed by atoms with Crippen LogP contribution < -0.4 is 15.2 Å². The Morgan fingerprint density at radius 3 is 2.22 bits per heavy atom. The van der Waals surface area contributed by atoms with Crippen molar-refractivity contribution < 1.29 is 14.6 Å². The van der Waals surface area contributed by atoms with Crippen LogP contribution in [0.5, 0.6) is 11.5 Å². The van der Waals surface area contributed by atoms with Gasteiger partial charge in [0.15, 0.2) is 0 Å². The van der Waals surface area contributed by atoms with Crippen molar-refractivity contribution in [1.29, 1.82) is 0 Å². The Kier molecular flexibility index (Phi) is 5.95. The summed E-state index contributed by atoms with van der Waals surface area (Å²) in [4.78, 5) is 0. The molecule has 0 spiro atoms. The maximum Gasteiger partial charge on any atom is 0.122 e. The van der Waals surface area contributed by atoms with E-state index in [1.165, 1.54) is 0 Å². The molecule has 0 aliphatic rings. The molecule has 18 heavy (non-hydrogen) atoms. The molecule has 1 aromatic rings. The zero-order valence-electron chi connectivity index (χ0n) is 11.4. The Morgan fingerprint density at radius 1 is 1.17 bits per heavy atom. The first-order chi connectivity index (χ1) is 8.62. The maximum absolute atomic E-state index is 8.90. The van der Waals surface area contributed by atoms with Crippen molar-refractivity contribution in [2.75, 3.05) is 20.8 Å². The average Bonchev–Trinajstić information content (AvgIpc) is 2.35. The van der Waals surface area contributed by atoms with Gasteiger partial charge < -0.3 is 20.3 Å². The predicted octanol–water partition coefficient (Wildman–Crippen LogP) is 1.52. The molecule has 0 saturated carbocycles. The average molecular weight is 253 g/mol. The van der Waals surface area contributed by atoms with Gasteiger partial charge in [0.25, 0.3) is 0 Å². The highest BCUT2D eigenvalue weighted by Crippen LogP contribution is 2.30. The molecular formula is C14H23NO3. The second-order valence-electron chi connectivity index (χ2n) is 4.48. The molecule has 0 aliphatic carbocycles. The molecule has 102 valence electrons. The van der Waals surface area contributed by atoms with Crippen LogP contribution in [0.15, 0.2) is 12.1 Å². The number of hydrogen-bond acceptors (Lipinski definition) is 4. The summed E-state index contributed by atoms with van der Waals surface area (Å²) in [5, 5.41) is 8.90. The third kappa shape index (κ3) is 3.89. The summed E-state index contributed by atoms with van der Waals surface area (Å²) in [7, 11) is 3.31. The van der Waals surface area contributed by atoms with Crippen molar-refractivity contribution in [2.45, 2.75) is 32.2 Å². The van der Waals surface area contributed by atoms with Crippen molar-refractivity contribution in [3.63, 3.8) is 0 Å². The Bertz CT molecular complexity index is 378. The van der Waals surface area contributed by atoms with Crippen LogP contribution in [0.25, 0.3) is 0 Å². The van der Waals surface area contributed by atoms with Gasteiger partial charge in [0.05, 0.1) is 14.2 Å². The molecule has 0 aliphatic heterocycles. The number of nitrogens with two attached hydrogens (primary N) is 1. The fourth-order valence-corrected chi connectivity index (χ4v) is 2.00. The molecule has 1 aromatic carbocycles. The van der Waals surface area contributed by atoms with Crippen LogP contribution in [0.3, 0.4) is 0 Å². The number of hydrogen-bond donors (Lipinski definition) is 2. The van der Waals surface area contributed by atoms with Crippen molar-refractivity contribution in [3.8, 4) is 11.5 Å². The van der Waals surface area contributed by atoms with Gasteiger partial charge >= 0.3 is 0 Å². The highest BCUT2D eigenvalue weighted by atomic mass is 16.5. The molecule has 0 aromatic heterocycles. The number of rotatable bonds is 7. The number of benzene rings is 1. The van der Waals surface area contributed by atoms with E-state index in [1.54, 1.807) is 14.2 Å². The summed E-state index contributed by atoms with van der Waals surface area (Å²) in [6, 6.07) is 4.04. The standard InChI is InChI=1S/C14H23NO3/c1-10(15)7-12-9-13(17-2)11(5-4-6-16)8-14(12)18-3/h8-10,16H,4-7,15H2,1-3H3. The number of aryl methyl sites for hydroxylation is 1. The minimum atomic E-state index is 0.0758. The monoisotopic (exact) mass is 253 g/mol. The summed E-state index contributed by atoms with van der Waals surface area (Å²) in [5.41, 5.74) is 7.93. The molecule has 0 heterocycles. The highest BCUT2D eigenvalue weighted by Gasteiger charge is 2.12. The van der Waals surface area contributed by atoms with Gasteiger partial charge in [-0.3, -0.25) is 0 Å². The Morgan fingerprint density at radius 2 is 1.72 bits per heavy atom. The lowest BCUT2D eigenvalue weighted by Crippen LogP contribution is -2.18. The molecule has 0 radical (unpaired) electrons. The van der Waals surface area contributed by atoms with E-state index in [1.807, 2.05) is 19.1 Å². The van der Waals surface area contributed by atoms with Crippen LogP contribution in [0.1, 0.15) is 24.5 Å². The van der Waals surface area contributed by atoms with Gasteiger partial charge in [-0.15, -0.1) is 0 Å². The third-order valence-corrected chi connectivity index (χ3v) is 2.83. The first-order valence-corrected chi connectivity index (χ1v) is 6.22. The quantitative estimate of drug-likeness (QED) is 0.773. The van der Waals surface area contributed by atoms with E-state index in [0.717, 1.165) is 35.5 Å². The first kappa shape index (κ1) is 14.8. The van der Waals surface area contributed by atoms with Gasteiger partial charge in [-0.05, 0) is 49.4 Å². The molecule has 4 heteroatoms. The van der Waals surface area contributed by atoms with Crippen LogP contribution in [0.2, 0.25) is 0 Å². The minimum absolute atomic E-state index is 0.0758. The second-order valence-corrected chi connectivity index (χ2v) is 4.48. The highest BCUT2D eigenvalue weighted by molar-refractivity contribution is 5.47. The smallest absolute Gasteiger partial charge is 0.122 e. The van der Waals surface area contributed by atoms with E-state index in [4.69, 9.17) is 20.3 Å². The maximum atomic E-state index is 8.90. The van der Waals surface area contributed by atoms with Gasteiger partial charge in [-0.2, -0.15) is 0 Å². The summed E-state index contributed by atoms with van der Waals surface area (Å²) in [5.74, 6) is 1.67. The molecule has 0 bridgehead atoms. The number of methoxy groups -OCH3 is 2. The van der Waals surface area contributed by atoms with Crippen molar-refractivity contribution in [2.24, 2.45) is 5.73 Å². The molecule has 1 atom stereocenters. The Labute approximate surface area is 109 Å². The predicted molar refractivity (Wildman–Crippen MR) is 72.3 cm³/mol. The molecule has 3 N–H and O–H groups in total. The fraction of sp³-hybridized carbons (Fsp3) is 0.571. The van der Waals surface area contributed by atoms with E-state index in [2.05, 4.69) is 0 Å². The Hall–Kier alpha value is -1.26. The zero-order chi connectivity index (χ0) is 13.5. The summed E-state index contributed by atoms with van der Waals surface area (Å²) in [6.45, 7) is 2.14. The molecule has 1 rings (SSSR count). The lowest BCUT2D eigenvalue weighted by molar-refractivity contribution is 0.287. The van der Waals surface area contributed by atoms with Crippen LogP contribution >= 0.6 is 0 Å². The van der Waals surface area contributed by atoms with E-state index in [0.29, 0.717) is 6.42 Å². The molecule has 0 amide bonds. The van der Waals surface area contributed by atoms with Crippen molar-refractivity contribution in [1.82, 2.24) is 0 Å². The van der Waals surface area contributed by atoms with Gasteiger partial charge in [0.1, 0.15) is 11.5 Å². The Balaban J connectivity index is 3.06. The topological polar surface area (TPSA) is 64.7 Å². The van der Waals surface area contributed by atoms with Crippen LogP contribution in [0.4, 0.5) is 0 Å². The third-order valence-electron chi connectivity index (χ3n) is 2.83. The second kappa shape index (κ2) is 7.24. The van der Waals surface area contributed by atoms with E-state index < -0.39 is 0 Å². The number of aliphatic hydroxyl groups excluding tert-OH is 1. The van der Waals surface area contributed by atoms with Crippen LogP contribution in [-0.2, 0) is 12.8 Å². The number of ether oxygens (including phenoxy) is 2. The minimum Gasteiger partial charge on any atom is -0.496 e. The van der Waals surface area contributed by atoms with Crippen molar-refractivity contribution in [3.05, 3.63) is 23.3 Å². The van der Waals surface area contributed by atoms with Crippen LogP contribution in [-0.4, -0.2) is 32.0 Å². The molecule has 4 nitrogen and oxygen atoms in total. The molecular weight excluding hydrogens is 230 g/mol. The van der Waals surface area contributed by atoms with E-state index in [9.17, 15) is 0 Å². The normalized spacial score (nSPS) is 12.3. The molecule has 0 fully saturated rings. The van der Waals surface area contributed by atoms with Gasteiger partial charge in [0, 0.05) is 12.6 Å². The summed E-state index contributed by atoms with van der Waals surface area (Å²) < 4.78 is 10.8. The lowest BCUT2D eigenvalue weighted by Gasteiger charge is -2.16. The van der Waals surface area contributed by atoms with Crippen molar-refractivity contribution >= 4 is 0 Å². The van der Waals surface area contributed by atoms with E-state index in [-0.39, 0.29) is 12.6 Å². The first-order valence-electron chi connectivity index (χ1n) is 6.22. The number of aliphatic hydroxyl groups is 1. The SMILES string of the molecule is COc1cc(CC(C)N)c(OC)cc1CCCO. The largest absolute Gasteiger partial charge is 0.496 e. The molecule has 0 saturated heterocycles. The van der Waals surface area contributed by atoms with Gasteiger partial charge in [-0.25, -0.2) is 0 Å². The molecule has 1 unspecified atom stereocenters. The van der Waals surface area contributed by atoms with Crippen LogP contribution in [0, 0.1) is 0 Å². The van der Waals surface area contributed by atoms with E-state index >= 15 is 0 Å². The fourth-order valence-electron chi connectivity index (χ4n) is 2.00. The van der Waals surface area contributed by atoms with Gasteiger partial charge in [-0.1, -0.05) is 0 Å². The summed E-state index contributed by atoms with van der Waals surface area (Å²) >= 11 is 0. The van der Waals surface area contributed by atoms with Gasteiger partial charge in [0.2, 0.25) is 0 Å². The lowest BCUT2D eigenvalue weighted by atomic mass is 10.0. The summed E-state index contributed by atoms with van der Waals surface area (Å²) in [6.07, 6.45) is 2.24. The zero-order valence-corrected chi connectivity index (χ0v) is 11.4.